The van der Waals surface area contributed by atoms with Gasteiger partial charge >= 0.3 is 0 Å². The molecule has 1 amide bonds. The molecule has 0 aliphatic carbocycles. The zero-order valence-corrected chi connectivity index (χ0v) is 10.2. The molecule has 0 fully saturated rings. The van der Waals surface area contributed by atoms with E-state index in [4.69, 9.17) is 23.7 Å². The van der Waals surface area contributed by atoms with Crippen molar-refractivity contribution in [3.05, 3.63) is 29.3 Å². The SMILES string of the molecule is Cc1ccc(C(N)=S)c(N(C)CC(N)=O)c1. The van der Waals surface area contributed by atoms with Gasteiger partial charge in [-0.25, -0.2) is 0 Å². The van der Waals surface area contributed by atoms with Crippen LogP contribution in [0.1, 0.15) is 11.1 Å². The van der Waals surface area contributed by atoms with Gasteiger partial charge in [-0.05, 0) is 24.6 Å². The largest absolute Gasteiger partial charge is 0.389 e. The number of primary amides is 1. The number of amides is 1. The number of hydrogen-bond donors (Lipinski definition) is 2. The molecule has 4 N–H and O–H groups in total. The van der Waals surface area contributed by atoms with Crippen molar-refractivity contribution in [2.45, 2.75) is 6.92 Å². The molecule has 0 aliphatic rings. The van der Waals surface area contributed by atoms with Gasteiger partial charge in [-0.2, -0.15) is 0 Å². The Balaban J connectivity index is 3.13. The summed E-state index contributed by atoms with van der Waals surface area (Å²) in [4.78, 5) is 12.9. The first kappa shape index (κ1) is 12.4. The fourth-order valence-corrected chi connectivity index (χ4v) is 1.66. The molecule has 1 rings (SSSR count). The fourth-order valence-electron chi connectivity index (χ4n) is 1.48. The summed E-state index contributed by atoms with van der Waals surface area (Å²) in [6, 6.07) is 5.71. The van der Waals surface area contributed by atoms with Crippen molar-refractivity contribution in [3.63, 3.8) is 0 Å². The van der Waals surface area contributed by atoms with Crippen LogP contribution in [0.4, 0.5) is 5.69 Å². The number of rotatable bonds is 4. The summed E-state index contributed by atoms with van der Waals surface area (Å²) in [5, 5.41) is 0. The molecule has 1 aromatic carbocycles. The van der Waals surface area contributed by atoms with Crippen LogP contribution in [0, 0.1) is 6.92 Å². The zero-order chi connectivity index (χ0) is 12.3. The summed E-state index contributed by atoms with van der Waals surface area (Å²) in [6.07, 6.45) is 0. The predicted molar refractivity (Wildman–Crippen MR) is 69.5 cm³/mol. The van der Waals surface area contributed by atoms with Gasteiger partial charge in [0, 0.05) is 18.3 Å². The molecule has 0 bridgehead atoms. The lowest BCUT2D eigenvalue weighted by Crippen LogP contribution is -2.32. The molecule has 0 aliphatic heterocycles. The molecule has 0 spiro atoms. The number of carbonyl (C=O) groups is 1. The van der Waals surface area contributed by atoms with Crippen LogP contribution in [0.3, 0.4) is 0 Å². The van der Waals surface area contributed by atoms with Crippen LogP contribution >= 0.6 is 12.2 Å². The Labute approximate surface area is 100 Å². The van der Waals surface area contributed by atoms with Crippen molar-refractivity contribution in [2.24, 2.45) is 11.5 Å². The molecule has 16 heavy (non-hydrogen) atoms. The van der Waals surface area contributed by atoms with Crippen molar-refractivity contribution in [2.75, 3.05) is 18.5 Å². The van der Waals surface area contributed by atoms with E-state index in [9.17, 15) is 4.79 Å². The van der Waals surface area contributed by atoms with E-state index in [-0.39, 0.29) is 6.54 Å². The summed E-state index contributed by atoms with van der Waals surface area (Å²) in [5.74, 6) is -0.391. The number of hydrogen-bond acceptors (Lipinski definition) is 3. The van der Waals surface area contributed by atoms with Gasteiger partial charge < -0.3 is 16.4 Å². The summed E-state index contributed by atoms with van der Waals surface area (Å²) in [5.41, 5.74) is 13.4. The fraction of sp³-hybridized carbons (Fsp3) is 0.273. The molecule has 5 heteroatoms. The maximum absolute atomic E-state index is 10.9. The van der Waals surface area contributed by atoms with Gasteiger partial charge in [0.1, 0.15) is 4.99 Å². The van der Waals surface area contributed by atoms with Crippen molar-refractivity contribution >= 4 is 28.8 Å². The summed E-state index contributed by atoms with van der Waals surface area (Å²) < 4.78 is 0. The van der Waals surface area contributed by atoms with Gasteiger partial charge in [-0.1, -0.05) is 18.3 Å². The highest BCUT2D eigenvalue weighted by Crippen LogP contribution is 2.20. The molecule has 0 atom stereocenters. The van der Waals surface area contributed by atoms with Crippen LogP contribution in [0.25, 0.3) is 0 Å². The minimum absolute atomic E-state index is 0.138. The smallest absolute Gasteiger partial charge is 0.236 e. The van der Waals surface area contributed by atoms with Gasteiger partial charge in [-0.3, -0.25) is 4.79 Å². The second-order valence-corrected chi connectivity index (χ2v) is 4.15. The highest BCUT2D eigenvalue weighted by molar-refractivity contribution is 7.80. The van der Waals surface area contributed by atoms with E-state index < -0.39 is 5.91 Å². The Morgan fingerprint density at radius 3 is 2.56 bits per heavy atom. The molecule has 0 saturated carbocycles. The van der Waals surface area contributed by atoms with Gasteiger partial charge in [0.15, 0.2) is 0 Å². The van der Waals surface area contributed by atoms with Crippen LogP contribution in [-0.2, 0) is 4.79 Å². The van der Waals surface area contributed by atoms with E-state index in [0.29, 0.717) is 4.99 Å². The molecule has 0 heterocycles. The number of aryl methyl sites for hydroxylation is 1. The molecular weight excluding hydrogens is 222 g/mol. The maximum Gasteiger partial charge on any atom is 0.236 e. The van der Waals surface area contributed by atoms with E-state index >= 15 is 0 Å². The second kappa shape index (κ2) is 4.94. The lowest BCUT2D eigenvalue weighted by atomic mass is 10.1. The first-order valence-electron chi connectivity index (χ1n) is 4.81. The van der Waals surface area contributed by atoms with Crippen molar-refractivity contribution < 1.29 is 4.79 Å². The molecule has 1 aromatic rings. The standard InChI is InChI=1S/C11H15N3OS/c1-7-3-4-8(11(13)16)9(5-7)14(2)6-10(12)15/h3-5H,6H2,1-2H3,(H2,12,15)(H2,13,16). The second-order valence-electron chi connectivity index (χ2n) is 3.71. The van der Waals surface area contributed by atoms with Gasteiger partial charge in [0.2, 0.25) is 5.91 Å². The van der Waals surface area contributed by atoms with E-state index in [1.807, 2.05) is 25.1 Å². The molecular formula is C11H15N3OS. The van der Waals surface area contributed by atoms with E-state index in [1.165, 1.54) is 0 Å². The topological polar surface area (TPSA) is 72.3 Å². The van der Waals surface area contributed by atoms with Gasteiger partial charge in [0.05, 0.1) is 6.54 Å². The average Bonchev–Trinajstić information content (AvgIpc) is 2.15. The summed E-state index contributed by atoms with van der Waals surface area (Å²) in [6.45, 7) is 2.10. The number of nitrogens with zero attached hydrogens (tertiary/aromatic N) is 1. The molecule has 0 unspecified atom stereocenters. The van der Waals surface area contributed by atoms with Crippen LogP contribution < -0.4 is 16.4 Å². The third-order valence-corrected chi connectivity index (χ3v) is 2.44. The highest BCUT2D eigenvalue weighted by atomic mass is 32.1. The number of benzene rings is 1. The third-order valence-electron chi connectivity index (χ3n) is 2.22. The number of thiocarbonyl (C=S) groups is 1. The Morgan fingerprint density at radius 1 is 1.44 bits per heavy atom. The summed E-state index contributed by atoms with van der Waals surface area (Å²) in [7, 11) is 1.78. The molecule has 0 aromatic heterocycles. The Bertz CT molecular complexity index is 431. The Morgan fingerprint density at radius 2 is 2.06 bits per heavy atom. The van der Waals surface area contributed by atoms with Gasteiger partial charge in [0.25, 0.3) is 0 Å². The monoisotopic (exact) mass is 237 g/mol. The molecule has 0 radical (unpaired) electrons. The first-order valence-corrected chi connectivity index (χ1v) is 5.22. The first-order chi connectivity index (χ1) is 7.41. The predicted octanol–water partition coefficient (Wildman–Crippen LogP) is 0.551. The number of carbonyl (C=O) groups excluding carboxylic acids is 1. The van der Waals surface area contributed by atoms with E-state index in [2.05, 4.69) is 0 Å². The Kier molecular flexibility index (Phi) is 3.84. The van der Waals surface area contributed by atoms with Crippen LogP contribution in [0.5, 0.6) is 0 Å². The van der Waals surface area contributed by atoms with Crippen LogP contribution in [0.2, 0.25) is 0 Å². The molecule has 0 saturated heterocycles. The number of anilines is 1. The van der Waals surface area contributed by atoms with Gasteiger partial charge in [-0.15, -0.1) is 0 Å². The minimum atomic E-state index is -0.391. The zero-order valence-electron chi connectivity index (χ0n) is 9.36. The summed E-state index contributed by atoms with van der Waals surface area (Å²) >= 11 is 4.96. The van der Waals surface area contributed by atoms with Crippen LogP contribution in [-0.4, -0.2) is 24.5 Å². The maximum atomic E-state index is 10.9. The molecule has 86 valence electrons. The van der Waals surface area contributed by atoms with E-state index in [0.717, 1.165) is 16.8 Å². The highest BCUT2D eigenvalue weighted by Gasteiger charge is 2.11. The third kappa shape index (κ3) is 2.93. The quantitative estimate of drug-likeness (QED) is 0.750. The lowest BCUT2D eigenvalue weighted by molar-refractivity contribution is -0.116. The Hall–Kier alpha value is -1.62. The number of likely N-dealkylation sites (N-methyl/N-ethyl adjacent to an activating group) is 1. The minimum Gasteiger partial charge on any atom is -0.389 e. The number of nitrogens with two attached hydrogens (primary N) is 2. The average molecular weight is 237 g/mol. The van der Waals surface area contributed by atoms with E-state index in [1.54, 1.807) is 11.9 Å². The van der Waals surface area contributed by atoms with Crippen molar-refractivity contribution in [3.8, 4) is 0 Å². The normalized spacial score (nSPS) is 9.88. The van der Waals surface area contributed by atoms with Crippen LogP contribution in [0.15, 0.2) is 18.2 Å². The van der Waals surface area contributed by atoms with Crippen molar-refractivity contribution in [1.82, 2.24) is 0 Å². The molecule has 4 nitrogen and oxygen atoms in total. The van der Waals surface area contributed by atoms with Crippen molar-refractivity contribution in [1.29, 1.82) is 0 Å². The lowest BCUT2D eigenvalue weighted by Gasteiger charge is -2.21.